The van der Waals surface area contributed by atoms with Crippen molar-refractivity contribution in [3.05, 3.63) is 42.0 Å². The Kier molecular flexibility index (Phi) is 4.19. The predicted molar refractivity (Wildman–Crippen MR) is 88.1 cm³/mol. The molecule has 3 nitrogen and oxygen atoms in total. The fraction of sp³-hybridized carbons (Fsp3) is 0.353. The van der Waals surface area contributed by atoms with E-state index in [-0.39, 0.29) is 5.91 Å². The van der Waals surface area contributed by atoms with Crippen LogP contribution in [0.5, 0.6) is 0 Å². The monoisotopic (exact) mass is 303 g/mol. The minimum absolute atomic E-state index is 0.117. The zero-order valence-corrected chi connectivity index (χ0v) is 14.0. The van der Waals surface area contributed by atoms with Crippen molar-refractivity contribution in [2.45, 2.75) is 30.4 Å². The lowest BCUT2D eigenvalue weighted by atomic mass is 10.1. The fourth-order valence-electron chi connectivity index (χ4n) is 2.16. The Labute approximate surface area is 128 Å². The summed E-state index contributed by atoms with van der Waals surface area (Å²) in [7, 11) is 2.15. The van der Waals surface area contributed by atoms with Gasteiger partial charge in [0.15, 0.2) is 0 Å². The smallest absolute Gasteiger partial charge is 0.254 e. The molecule has 2 rings (SSSR count). The number of amides is 1. The standard InChI is InChI=1S/C17H21NO2S/c1-17(2,3)21(20)15-13-9-7-6-8-12(13)10-11-14(15)16(19)18(4)5/h6-11H,1-5H3/t21-/m0/s1. The molecule has 0 N–H and O–H groups in total. The van der Waals surface area contributed by atoms with Crippen LogP contribution < -0.4 is 0 Å². The Morgan fingerprint density at radius 2 is 1.67 bits per heavy atom. The summed E-state index contributed by atoms with van der Waals surface area (Å²) < 4.78 is 12.5. The van der Waals surface area contributed by atoms with E-state index in [1.807, 2.05) is 51.1 Å². The van der Waals surface area contributed by atoms with Gasteiger partial charge >= 0.3 is 0 Å². The van der Waals surface area contributed by atoms with E-state index in [0.717, 1.165) is 10.8 Å². The van der Waals surface area contributed by atoms with E-state index < -0.39 is 15.5 Å². The lowest BCUT2D eigenvalue weighted by molar-refractivity contribution is 0.0824. The van der Waals surface area contributed by atoms with Gasteiger partial charge in [-0.3, -0.25) is 9.00 Å². The maximum atomic E-state index is 13.0. The van der Waals surface area contributed by atoms with Crippen LogP contribution in [0.1, 0.15) is 31.1 Å². The van der Waals surface area contributed by atoms with Gasteiger partial charge in [0.05, 0.1) is 21.3 Å². The molecule has 0 aliphatic rings. The zero-order chi connectivity index (χ0) is 15.8. The largest absolute Gasteiger partial charge is 0.345 e. The van der Waals surface area contributed by atoms with E-state index in [1.54, 1.807) is 20.2 Å². The summed E-state index contributed by atoms with van der Waals surface area (Å²) in [6.45, 7) is 5.78. The van der Waals surface area contributed by atoms with Crippen molar-refractivity contribution in [1.29, 1.82) is 0 Å². The van der Waals surface area contributed by atoms with Crippen molar-refractivity contribution in [1.82, 2.24) is 4.90 Å². The third-order valence-electron chi connectivity index (χ3n) is 3.26. The van der Waals surface area contributed by atoms with Crippen molar-refractivity contribution < 1.29 is 9.00 Å². The number of benzene rings is 2. The molecule has 0 aliphatic heterocycles. The lowest BCUT2D eigenvalue weighted by Gasteiger charge is -2.22. The molecule has 0 saturated heterocycles. The summed E-state index contributed by atoms with van der Waals surface area (Å²) in [5, 5.41) is 1.89. The molecule has 2 aromatic carbocycles. The molecule has 2 aromatic rings. The Bertz CT molecular complexity index is 714. The summed E-state index contributed by atoms with van der Waals surface area (Å²) in [4.78, 5) is 14.6. The first-order valence-electron chi connectivity index (χ1n) is 6.89. The second kappa shape index (κ2) is 5.60. The molecule has 0 bridgehead atoms. The molecule has 1 atom stereocenters. The van der Waals surface area contributed by atoms with Gasteiger partial charge in [-0.1, -0.05) is 30.3 Å². The first-order valence-corrected chi connectivity index (χ1v) is 8.03. The number of carbonyl (C=O) groups is 1. The highest BCUT2D eigenvalue weighted by Crippen LogP contribution is 2.31. The van der Waals surface area contributed by atoms with Crippen LogP contribution in [0.25, 0.3) is 10.8 Å². The van der Waals surface area contributed by atoms with Crippen LogP contribution in [0.15, 0.2) is 41.3 Å². The Morgan fingerprint density at radius 3 is 2.24 bits per heavy atom. The molecule has 1 amide bonds. The van der Waals surface area contributed by atoms with Crippen LogP contribution >= 0.6 is 0 Å². The number of carbonyl (C=O) groups excluding carboxylic acids is 1. The topological polar surface area (TPSA) is 37.4 Å². The number of rotatable bonds is 2. The molecular formula is C17H21NO2S. The number of hydrogen-bond donors (Lipinski definition) is 0. The molecule has 0 aliphatic carbocycles. The van der Waals surface area contributed by atoms with Crippen LogP contribution in [0.2, 0.25) is 0 Å². The highest BCUT2D eigenvalue weighted by molar-refractivity contribution is 7.86. The third-order valence-corrected chi connectivity index (χ3v) is 5.18. The van der Waals surface area contributed by atoms with Gasteiger partial charge in [0.25, 0.3) is 5.91 Å². The van der Waals surface area contributed by atoms with Crippen LogP contribution in [-0.2, 0) is 10.8 Å². The normalized spacial score (nSPS) is 13.2. The van der Waals surface area contributed by atoms with Crippen LogP contribution in [0, 0.1) is 0 Å². The van der Waals surface area contributed by atoms with Gasteiger partial charge in [0.1, 0.15) is 0 Å². The number of hydrogen-bond acceptors (Lipinski definition) is 2. The molecule has 0 aromatic heterocycles. The highest BCUT2D eigenvalue weighted by atomic mass is 32.2. The van der Waals surface area contributed by atoms with E-state index >= 15 is 0 Å². The van der Waals surface area contributed by atoms with Gasteiger partial charge in [-0.2, -0.15) is 0 Å². The number of nitrogens with zero attached hydrogens (tertiary/aromatic N) is 1. The summed E-state index contributed by atoms with van der Waals surface area (Å²) in [5.74, 6) is -0.117. The van der Waals surface area contributed by atoms with E-state index in [0.29, 0.717) is 10.5 Å². The van der Waals surface area contributed by atoms with E-state index in [4.69, 9.17) is 0 Å². The molecule has 0 spiro atoms. The SMILES string of the molecule is CN(C)C(=O)c1ccc2ccccc2c1[S@](=O)C(C)(C)C. The summed E-state index contributed by atoms with van der Waals surface area (Å²) in [5.41, 5.74) is 0.520. The molecule has 112 valence electrons. The fourth-order valence-corrected chi connectivity index (χ4v) is 3.51. The van der Waals surface area contributed by atoms with E-state index in [2.05, 4.69) is 0 Å². The second-order valence-electron chi connectivity index (χ2n) is 6.24. The van der Waals surface area contributed by atoms with Gasteiger partial charge in [0.2, 0.25) is 0 Å². The summed E-state index contributed by atoms with van der Waals surface area (Å²) >= 11 is 0. The van der Waals surface area contributed by atoms with Gasteiger partial charge in [-0.25, -0.2) is 0 Å². The minimum Gasteiger partial charge on any atom is -0.345 e. The lowest BCUT2D eigenvalue weighted by Crippen LogP contribution is -2.27. The summed E-state index contributed by atoms with van der Waals surface area (Å²) in [6, 6.07) is 11.5. The van der Waals surface area contributed by atoms with E-state index in [1.165, 1.54) is 4.90 Å². The minimum atomic E-state index is -1.27. The highest BCUT2D eigenvalue weighted by Gasteiger charge is 2.28. The second-order valence-corrected chi connectivity index (χ2v) is 8.41. The first kappa shape index (κ1) is 15.7. The van der Waals surface area contributed by atoms with Crippen molar-refractivity contribution in [3.8, 4) is 0 Å². The Morgan fingerprint density at radius 1 is 1.05 bits per heavy atom. The van der Waals surface area contributed by atoms with E-state index in [9.17, 15) is 9.00 Å². The Hall–Kier alpha value is -1.68. The maximum absolute atomic E-state index is 13.0. The molecular weight excluding hydrogens is 282 g/mol. The van der Waals surface area contributed by atoms with Crippen molar-refractivity contribution >= 4 is 27.5 Å². The van der Waals surface area contributed by atoms with Gasteiger partial charge < -0.3 is 4.90 Å². The molecule has 0 fully saturated rings. The van der Waals surface area contributed by atoms with Crippen LogP contribution in [0.3, 0.4) is 0 Å². The quantitative estimate of drug-likeness (QED) is 0.852. The first-order chi connectivity index (χ1) is 9.73. The van der Waals surface area contributed by atoms with Crippen molar-refractivity contribution in [2.24, 2.45) is 0 Å². The molecule has 0 heterocycles. The predicted octanol–water partition coefficient (Wildman–Crippen LogP) is 3.45. The maximum Gasteiger partial charge on any atom is 0.254 e. The Balaban J connectivity index is 2.81. The van der Waals surface area contributed by atoms with Crippen LogP contribution in [-0.4, -0.2) is 33.9 Å². The molecule has 0 unspecified atom stereocenters. The molecule has 0 radical (unpaired) electrons. The van der Waals surface area contributed by atoms with Crippen LogP contribution in [0.4, 0.5) is 0 Å². The van der Waals surface area contributed by atoms with Crippen molar-refractivity contribution in [3.63, 3.8) is 0 Å². The third kappa shape index (κ3) is 3.00. The van der Waals surface area contributed by atoms with Gasteiger partial charge in [-0.15, -0.1) is 0 Å². The van der Waals surface area contributed by atoms with Gasteiger partial charge in [0, 0.05) is 18.8 Å². The molecule has 4 heteroatoms. The molecule has 21 heavy (non-hydrogen) atoms. The average molecular weight is 303 g/mol. The molecule has 0 saturated carbocycles. The van der Waals surface area contributed by atoms with Gasteiger partial charge in [-0.05, 0) is 37.6 Å². The van der Waals surface area contributed by atoms with Crippen molar-refractivity contribution in [2.75, 3.05) is 14.1 Å². The summed E-state index contributed by atoms with van der Waals surface area (Å²) in [6.07, 6.45) is 0. The number of fused-ring (bicyclic) bond motifs is 1. The zero-order valence-electron chi connectivity index (χ0n) is 13.1. The average Bonchev–Trinajstić information content (AvgIpc) is 2.43.